The summed E-state index contributed by atoms with van der Waals surface area (Å²) in [5.74, 6) is 0.712. The van der Waals surface area contributed by atoms with E-state index in [1.54, 1.807) is 0 Å². The van der Waals surface area contributed by atoms with E-state index in [1.807, 2.05) is 0 Å². The van der Waals surface area contributed by atoms with Gasteiger partial charge in [0.2, 0.25) is 0 Å². The maximum atomic E-state index is 3.55. The molecule has 1 unspecified atom stereocenters. The standard InChI is InChI=1S/C15H24N2/c1-13(2)15-11-16-9-6-10-17(15)12-14-7-4-3-5-8-14/h3-5,7-8,13,15-16H,6,9-12H2,1-2H3. The molecular weight excluding hydrogens is 208 g/mol. The van der Waals surface area contributed by atoms with Crippen LogP contribution in [-0.2, 0) is 6.54 Å². The lowest BCUT2D eigenvalue weighted by molar-refractivity contribution is 0.158. The van der Waals surface area contributed by atoms with Crippen LogP contribution in [0.5, 0.6) is 0 Å². The molecule has 17 heavy (non-hydrogen) atoms. The molecule has 1 aliphatic heterocycles. The summed E-state index contributed by atoms with van der Waals surface area (Å²) in [6.45, 7) is 9.25. The Hall–Kier alpha value is -0.860. The molecule has 0 saturated carbocycles. The van der Waals surface area contributed by atoms with E-state index in [4.69, 9.17) is 0 Å². The molecule has 1 aliphatic rings. The Bertz CT molecular complexity index is 321. The topological polar surface area (TPSA) is 15.3 Å². The van der Waals surface area contributed by atoms with Crippen molar-refractivity contribution in [3.63, 3.8) is 0 Å². The fourth-order valence-electron chi connectivity index (χ4n) is 2.62. The molecule has 1 heterocycles. The van der Waals surface area contributed by atoms with Crippen LogP contribution < -0.4 is 5.32 Å². The van der Waals surface area contributed by atoms with Crippen LogP contribution in [0.3, 0.4) is 0 Å². The van der Waals surface area contributed by atoms with Crippen molar-refractivity contribution in [3.8, 4) is 0 Å². The molecule has 94 valence electrons. The third kappa shape index (κ3) is 3.55. The predicted octanol–water partition coefficient (Wildman–Crippen LogP) is 2.51. The zero-order chi connectivity index (χ0) is 12.1. The highest BCUT2D eigenvalue weighted by Gasteiger charge is 2.23. The molecule has 0 bridgehead atoms. The van der Waals surface area contributed by atoms with Crippen molar-refractivity contribution in [3.05, 3.63) is 35.9 Å². The Morgan fingerprint density at radius 2 is 2.06 bits per heavy atom. The van der Waals surface area contributed by atoms with E-state index in [9.17, 15) is 0 Å². The molecule has 1 fully saturated rings. The van der Waals surface area contributed by atoms with Gasteiger partial charge >= 0.3 is 0 Å². The lowest BCUT2D eigenvalue weighted by Crippen LogP contribution is -2.42. The molecule has 2 rings (SSSR count). The van der Waals surface area contributed by atoms with Gasteiger partial charge in [-0.15, -0.1) is 0 Å². The summed E-state index contributed by atoms with van der Waals surface area (Å²) in [6.07, 6.45) is 1.26. The molecule has 1 N–H and O–H groups in total. The van der Waals surface area contributed by atoms with Gasteiger partial charge in [0.15, 0.2) is 0 Å². The Kier molecular flexibility index (Phi) is 4.57. The largest absolute Gasteiger partial charge is 0.315 e. The third-order valence-corrected chi connectivity index (χ3v) is 3.62. The van der Waals surface area contributed by atoms with Crippen LogP contribution in [0.15, 0.2) is 30.3 Å². The fraction of sp³-hybridized carbons (Fsp3) is 0.600. The molecule has 0 amide bonds. The first kappa shape index (κ1) is 12.6. The van der Waals surface area contributed by atoms with Gasteiger partial charge in [-0.2, -0.15) is 0 Å². The zero-order valence-corrected chi connectivity index (χ0v) is 11.0. The first-order valence-corrected chi connectivity index (χ1v) is 6.76. The lowest BCUT2D eigenvalue weighted by atomic mass is 10.0. The number of nitrogens with one attached hydrogen (secondary N) is 1. The van der Waals surface area contributed by atoms with Crippen molar-refractivity contribution in [2.75, 3.05) is 19.6 Å². The highest BCUT2D eigenvalue weighted by molar-refractivity contribution is 5.14. The molecule has 1 saturated heterocycles. The average Bonchev–Trinajstić information content (AvgIpc) is 2.56. The SMILES string of the molecule is CC(C)C1CNCCCN1Cc1ccccc1. The van der Waals surface area contributed by atoms with E-state index in [-0.39, 0.29) is 0 Å². The van der Waals surface area contributed by atoms with Crippen LogP contribution in [-0.4, -0.2) is 30.6 Å². The van der Waals surface area contributed by atoms with Gasteiger partial charge in [-0.1, -0.05) is 44.2 Å². The van der Waals surface area contributed by atoms with Crippen molar-refractivity contribution in [2.45, 2.75) is 32.9 Å². The Labute approximate surface area is 105 Å². The van der Waals surface area contributed by atoms with Crippen molar-refractivity contribution in [2.24, 2.45) is 5.92 Å². The number of rotatable bonds is 3. The van der Waals surface area contributed by atoms with E-state index < -0.39 is 0 Å². The zero-order valence-electron chi connectivity index (χ0n) is 11.0. The second-order valence-electron chi connectivity index (χ2n) is 5.33. The maximum absolute atomic E-state index is 3.55. The van der Waals surface area contributed by atoms with Gasteiger partial charge in [0.05, 0.1) is 0 Å². The second kappa shape index (κ2) is 6.18. The third-order valence-electron chi connectivity index (χ3n) is 3.62. The van der Waals surface area contributed by atoms with Crippen LogP contribution in [0.4, 0.5) is 0 Å². The fourth-order valence-corrected chi connectivity index (χ4v) is 2.62. The molecule has 0 aliphatic carbocycles. The second-order valence-corrected chi connectivity index (χ2v) is 5.33. The van der Waals surface area contributed by atoms with E-state index in [1.165, 1.54) is 18.5 Å². The molecule has 1 aromatic carbocycles. The van der Waals surface area contributed by atoms with Gasteiger partial charge < -0.3 is 5.32 Å². The minimum Gasteiger partial charge on any atom is -0.315 e. The van der Waals surface area contributed by atoms with E-state index in [0.29, 0.717) is 12.0 Å². The van der Waals surface area contributed by atoms with Crippen molar-refractivity contribution < 1.29 is 0 Å². The van der Waals surface area contributed by atoms with Crippen molar-refractivity contribution >= 4 is 0 Å². The molecule has 2 heteroatoms. The minimum atomic E-state index is 0.665. The van der Waals surface area contributed by atoms with Crippen LogP contribution in [0.1, 0.15) is 25.8 Å². The quantitative estimate of drug-likeness (QED) is 0.861. The monoisotopic (exact) mass is 232 g/mol. The van der Waals surface area contributed by atoms with Crippen LogP contribution in [0, 0.1) is 5.92 Å². The Morgan fingerprint density at radius 3 is 2.76 bits per heavy atom. The summed E-state index contributed by atoms with van der Waals surface area (Å²) in [5.41, 5.74) is 1.43. The summed E-state index contributed by atoms with van der Waals surface area (Å²) >= 11 is 0. The predicted molar refractivity (Wildman–Crippen MR) is 73.0 cm³/mol. The summed E-state index contributed by atoms with van der Waals surface area (Å²) in [4.78, 5) is 2.64. The molecule has 0 radical (unpaired) electrons. The first-order valence-electron chi connectivity index (χ1n) is 6.76. The number of nitrogens with zero attached hydrogens (tertiary/aromatic N) is 1. The maximum Gasteiger partial charge on any atom is 0.0247 e. The number of hydrogen-bond acceptors (Lipinski definition) is 2. The van der Waals surface area contributed by atoms with Gasteiger partial charge in [0, 0.05) is 25.7 Å². The molecule has 0 spiro atoms. The lowest BCUT2D eigenvalue weighted by Gasteiger charge is -2.32. The van der Waals surface area contributed by atoms with Crippen LogP contribution >= 0.6 is 0 Å². The van der Waals surface area contributed by atoms with Crippen LogP contribution in [0.25, 0.3) is 0 Å². The van der Waals surface area contributed by atoms with Crippen LogP contribution in [0.2, 0.25) is 0 Å². The number of benzene rings is 1. The molecular formula is C15H24N2. The summed E-state index contributed by atoms with van der Waals surface area (Å²) in [6, 6.07) is 11.5. The minimum absolute atomic E-state index is 0.665. The highest BCUT2D eigenvalue weighted by atomic mass is 15.2. The Balaban J connectivity index is 2.05. The highest BCUT2D eigenvalue weighted by Crippen LogP contribution is 2.16. The number of hydrogen-bond donors (Lipinski definition) is 1. The molecule has 2 nitrogen and oxygen atoms in total. The van der Waals surface area contributed by atoms with E-state index >= 15 is 0 Å². The van der Waals surface area contributed by atoms with Gasteiger partial charge in [-0.25, -0.2) is 0 Å². The average molecular weight is 232 g/mol. The first-order chi connectivity index (χ1) is 8.27. The summed E-state index contributed by atoms with van der Waals surface area (Å²) < 4.78 is 0. The smallest absolute Gasteiger partial charge is 0.0247 e. The van der Waals surface area contributed by atoms with Gasteiger partial charge in [0.25, 0.3) is 0 Å². The van der Waals surface area contributed by atoms with Crippen molar-refractivity contribution in [1.82, 2.24) is 10.2 Å². The molecule has 0 aromatic heterocycles. The van der Waals surface area contributed by atoms with Gasteiger partial charge in [-0.3, -0.25) is 4.90 Å². The Morgan fingerprint density at radius 1 is 1.29 bits per heavy atom. The van der Waals surface area contributed by atoms with Gasteiger partial charge in [-0.05, 0) is 24.4 Å². The van der Waals surface area contributed by atoms with E-state index in [0.717, 1.165) is 19.6 Å². The van der Waals surface area contributed by atoms with E-state index in [2.05, 4.69) is 54.4 Å². The van der Waals surface area contributed by atoms with Crippen molar-refractivity contribution in [1.29, 1.82) is 0 Å². The molecule has 1 aromatic rings. The van der Waals surface area contributed by atoms with Gasteiger partial charge in [0.1, 0.15) is 0 Å². The summed E-state index contributed by atoms with van der Waals surface area (Å²) in [5, 5.41) is 3.55. The molecule has 1 atom stereocenters. The summed E-state index contributed by atoms with van der Waals surface area (Å²) in [7, 11) is 0. The normalized spacial score (nSPS) is 22.6.